The van der Waals surface area contributed by atoms with Crippen molar-refractivity contribution in [2.45, 2.75) is 19.4 Å². The highest BCUT2D eigenvalue weighted by Crippen LogP contribution is 2.21. The average Bonchev–Trinajstić information content (AvgIpc) is 3.16. The zero-order valence-electron chi connectivity index (χ0n) is 12.0. The molecule has 1 fully saturated rings. The summed E-state index contributed by atoms with van der Waals surface area (Å²) in [5, 5.41) is 7.80. The van der Waals surface area contributed by atoms with Crippen molar-refractivity contribution in [3.05, 3.63) is 42.2 Å². The molecule has 0 unspecified atom stereocenters. The van der Waals surface area contributed by atoms with Crippen molar-refractivity contribution in [2.75, 3.05) is 19.7 Å². The highest BCUT2D eigenvalue weighted by Gasteiger charge is 2.27. The maximum absolute atomic E-state index is 12.2. The van der Waals surface area contributed by atoms with Crippen LogP contribution in [0.2, 0.25) is 0 Å². The molecule has 3 rings (SSSR count). The molecule has 1 amide bonds. The fourth-order valence-corrected chi connectivity index (χ4v) is 2.55. The Labute approximate surface area is 123 Å². The average molecular weight is 286 g/mol. The second kappa shape index (κ2) is 5.95. The minimum absolute atomic E-state index is 0.0147. The van der Waals surface area contributed by atoms with Gasteiger partial charge in [-0.1, -0.05) is 23.4 Å². The highest BCUT2D eigenvalue weighted by atomic mass is 16.5. The van der Waals surface area contributed by atoms with Crippen LogP contribution in [0.15, 0.2) is 36.7 Å². The Morgan fingerprint density at radius 1 is 1.43 bits per heavy atom. The topological polar surface area (TPSA) is 60.2 Å². The summed E-state index contributed by atoms with van der Waals surface area (Å²) in [6, 6.07) is 7.92. The van der Waals surface area contributed by atoms with E-state index in [0.717, 1.165) is 24.3 Å². The van der Waals surface area contributed by atoms with Gasteiger partial charge in [-0.2, -0.15) is 0 Å². The van der Waals surface area contributed by atoms with Gasteiger partial charge in [-0.05, 0) is 25.0 Å². The fourth-order valence-electron chi connectivity index (χ4n) is 2.55. The Morgan fingerprint density at radius 2 is 2.29 bits per heavy atom. The van der Waals surface area contributed by atoms with E-state index in [9.17, 15) is 4.79 Å². The van der Waals surface area contributed by atoms with Crippen LogP contribution >= 0.6 is 0 Å². The normalized spacial score (nSPS) is 18.0. The predicted octanol–water partition coefficient (Wildman–Crippen LogP) is 1.44. The van der Waals surface area contributed by atoms with Crippen LogP contribution in [0.5, 0.6) is 5.75 Å². The van der Waals surface area contributed by atoms with Gasteiger partial charge < -0.3 is 9.64 Å². The molecule has 0 spiro atoms. The molecule has 1 aliphatic heterocycles. The van der Waals surface area contributed by atoms with Gasteiger partial charge in [0.2, 0.25) is 0 Å². The Balaban J connectivity index is 1.54. The molecule has 0 N–H and O–H groups in total. The van der Waals surface area contributed by atoms with Gasteiger partial charge in [-0.3, -0.25) is 4.79 Å². The zero-order chi connectivity index (χ0) is 14.7. The zero-order valence-corrected chi connectivity index (χ0v) is 12.0. The summed E-state index contributed by atoms with van der Waals surface area (Å²) in [5.74, 6) is 0.777. The Bertz CT molecular complexity index is 612. The molecule has 6 heteroatoms. The SMILES string of the molecule is Cc1ccccc1OCC(=O)N1CC[C@H](n2ccnn2)C1. The monoisotopic (exact) mass is 286 g/mol. The first kappa shape index (κ1) is 13.6. The molecular weight excluding hydrogens is 268 g/mol. The summed E-state index contributed by atoms with van der Waals surface area (Å²) in [6.45, 7) is 3.45. The van der Waals surface area contributed by atoms with Gasteiger partial charge in [0, 0.05) is 19.3 Å². The minimum atomic E-state index is 0.0147. The van der Waals surface area contributed by atoms with E-state index in [1.165, 1.54) is 0 Å². The van der Waals surface area contributed by atoms with Gasteiger partial charge in [0.05, 0.1) is 12.2 Å². The quantitative estimate of drug-likeness (QED) is 0.853. The number of para-hydroxylation sites is 1. The molecule has 1 atom stereocenters. The summed E-state index contributed by atoms with van der Waals surface area (Å²) in [4.78, 5) is 14.0. The van der Waals surface area contributed by atoms with Crippen molar-refractivity contribution in [1.82, 2.24) is 19.9 Å². The standard InChI is InChI=1S/C15H18N4O2/c1-12-4-2-3-5-14(12)21-11-15(20)18-8-6-13(10-18)19-9-7-16-17-19/h2-5,7,9,13H,6,8,10-11H2,1H3/t13-/m0/s1. The van der Waals surface area contributed by atoms with Gasteiger partial charge in [0.15, 0.2) is 6.61 Å². The van der Waals surface area contributed by atoms with E-state index < -0.39 is 0 Å². The van der Waals surface area contributed by atoms with Crippen molar-refractivity contribution in [1.29, 1.82) is 0 Å². The first-order valence-electron chi connectivity index (χ1n) is 7.06. The van der Waals surface area contributed by atoms with Crippen molar-refractivity contribution >= 4 is 5.91 Å². The van der Waals surface area contributed by atoms with E-state index in [0.29, 0.717) is 6.54 Å². The Morgan fingerprint density at radius 3 is 3.05 bits per heavy atom. The van der Waals surface area contributed by atoms with Crippen LogP contribution < -0.4 is 4.74 Å². The first-order chi connectivity index (χ1) is 10.2. The van der Waals surface area contributed by atoms with Gasteiger partial charge in [0.25, 0.3) is 5.91 Å². The van der Waals surface area contributed by atoms with Crippen LogP contribution in [0.4, 0.5) is 0 Å². The van der Waals surface area contributed by atoms with Crippen molar-refractivity contribution in [3.63, 3.8) is 0 Å². The van der Waals surface area contributed by atoms with Crippen molar-refractivity contribution in [3.8, 4) is 5.75 Å². The number of hydrogen-bond acceptors (Lipinski definition) is 4. The van der Waals surface area contributed by atoms with Crippen LogP contribution in [0.25, 0.3) is 0 Å². The number of aromatic nitrogens is 3. The van der Waals surface area contributed by atoms with Crippen molar-refractivity contribution in [2.24, 2.45) is 0 Å². The number of carbonyl (C=O) groups excluding carboxylic acids is 1. The smallest absolute Gasteiger partial charge is 0.260 e. The molecule has 1 aliphatic rings. The molecule has 0 radical (unpaired) electrons. The molecule has 21 heavy (non-hydrogen) atoms. The predicted molar refractivity (Wildman–Crippen MR) is 76.9 cm³/mol. The van der Waals surface area contributed by atoms with E-state index in [1.54, 1.807) is 6.20 Å². The first-order valence-corrected chi connectivity index (χ1v) is 7.06. The molecule has 2 heterocycles. The lowest BCUT2D eigenvalue weighted by Crippen LogP contribution is -2.33. The molecule has 0 aliphatic carbocycles. The van der Waals surface area contributed by atoms with E-state index >= 15 is 0 Å². The molecule has 1 aromatic heterocycles. The Kier molecular flexibility index (Phi) is 3.85. The van der Waals surface area contributed by atoms with E-state index in [1.807, 2.05) is 47.0 Å². The van der Waals surface area contributed by atoms with Gasteiger partial charge >= 0.3 is 0 Å². The van der Waals surface area contributed by atoms with Crippen LogP contribution in [0, 0.1) is 6.92 Å². The summed E-state index contributed by atoms with van der Waals surface area (Å²) < 4.78 is 7.43. The molecule has 2 aromatic rings. The van der Waals surface area contributed by atoms with Gasteiger partial charge in [0.1, 0.15) is 5.75 Å². The van der Waals surface area contributed by atoms with E-state index in [4.69, 9.17) is 4.74 Å². The molecule has 1 aromatic carbocycles. The summed E-state index contributed by atoms with van der Waals surface area (Å²) >= 11 is 0. The number of benzene rings is 1. The molecule has 6 nitrogen and oxygen atoms in total. The third kappa shape index (κ3) is 3.04. The lowest BCUT2D eigenvalue weighted by Gasteiger charge is -2.17. The van der Waals surface area contributed by atoms with Crippen LogP contribution in [0.1, 0.15) is 18.0 Å². The largest absolute Gasteiger partial charge is 0.484 e. The van der Waals surface area contributed by atoms with E-state index in [2.05, 4.69) is 10.3 Å². The fraction of sp³-hybridized carbons (Fsp3) is 0.400. The number of hydrogen-bond donors (Lipinski definition) is 0. The number of amides is 1. The van der Waals surface area contributed by atoms with Crippen LogP contribution in [0.3, 0.4) is 0 Å². The number of rotatable bonds is 4. The van der Waals surface area contributed by atoms with Crippen LogP contribution in [-0.2, 0) is 4.79 Å². The van der Waals surface area contributed by atoms with Gasteiger partial charge in [-0.15, -0.1) is 5.10 Å². The van der Waals surface area contributed by atoms with Crippen molar-refractivity contribution < 1.29 is 9.53 Å². The number of carbonyl (C=O) groups is 1. The minimum Gasteiger partial charge on any atom is -0.484 e. The number of nitrogens with zero attached hydrogens (tertiary/aromatic N) is 4. The summed E-state index contributed by atoms with van der Waals surface area (Å²) in [6.07, 6.45) is 4.40. The molecule has 110 valence electrons. The lowest BCUT2D eigenvalue weighted by molar-refractivity contribution is -0.132. The van der Waals surface area contributed by atoms with E-state index in [-0.39, 0.29) is 18.6 Å². The molecule has 0 saturated carbocycles. The highest BCUT2D eigenvalue weighted by molar-refractivity contribution is 5.78. The molecule has 0 bridgehead atoms. The second-order valence-electron chi connectivity index (χ2n) is 5.22. The molecular formula is C15H18N4O2. The second-order valence-corrected chi connectivity index (χ2v) is 5.22. The summed E-state index contributed by atoms with van der Waals surface area (Å²) in [5.41, 5.74) is 1.03. The molecule has 1 saturated heterocycles. The summed E-state index contributed by atoms with van der Waals surface area (Å²) in [7, 11) is 0. The van der Waals surface area contributed by atoms with Gasteiger partial charge in [-0.25, -0.2) is 4.68 Å². The Hall–Kier alpha value is -2.37. The number of likely N-dealkylation sites (tertiary alicyclic amines) is 1. The van der Waals surface area contributed by atoms with Crippen LogP contribution in [-0.4, -0.2) is 45.5 Å². The maximum Gasteiger partial charge on any atom is 0.260 e. The number of ether oxygens (including phenoxy) is 1. The number of aryl methyl sites for hydroxylation is 1. The lowest BCUT2D eigenvalue weighted by atomic mass is 10.2. The third-order valence-corrected chi connectivity index (χ3v) is 3.78. The maximum atomic E-state index is 12.2. The third-order valence-electron chi connectivity index (χ3n) is 3.78.